The van der Waals surface area contributed by atoms with Crippen LogP contribution in [-0.2, 0) is 4.79 Å². The molecule has 0 atom stereocenters. The van der Waals surface area contributed by atoms with Crippen molar-refractivity contribution in [1.82, 2.24) is 19.7 Å². The normalized spacial score (nSPS) is 10.9. The Morgan fingerprint density at radius 2 is 2.19 bits per heavy atom. The number of benzene rings is 1. The first-order valence-corrected chi connectivity index (χ1v) is 7.25. The molecular weight excluding hydrogens is 288 g/mol. The first kappa shape index (κ1) is 13.6. The Balaban J connectivity index is 2.14. The van der Waals surface area contributed by atoms with E-state index in [0.29, 0.717) is 11.0 Å². The lowest BCUT2D eigenvalue weighted by Crippen LogP contribution is -2.03. The summed E-state index contributed by atoms with van der Waals surface area (Å²) in [4.78, 5) is 14.9. The second-order valence-corrected chi connectivity index (χ2v) is 5.36. The van der Waals surface area contributed by atoms with E-state index in [1.165, 1.54) is 0 Å². The van der Waals surface area contributed by atoms with E-state index in [1.807, 2.05) is 35.8 Å². The third-order valence-corrected chi connectivity index (χ3v) is 3.93. The SMILES string of the molecule is Cc1nnc(SCC(=O)O)n1-c1cccc2cnccc12. The van der Waals surface area contributed by atoms with Crippen molar-refractivity contribution in [2.24, 2.45) is 0 Å². The van der Waals surface area contributed by atoms with E-state index in [9.17, 15) is 4.79 Å². The van der Waals surface area contributed by atoms with E-state index in [0.717, 1.165) is 28.2 Å². The fourth-order valence-electron chi connectivity index (χ4n) is 2.14. The van der Waals surface area contributed by atoms with Crippen LogP contribution in [0.4, 0.5) is 0 Å². The highest BCUT2D eigenvalue weighted by Gasteiger charge is 2.14. The van der Waals surface area contributed by atoms with E-state index in [4.69, 9.17) is 5.11 Å². The highest BCUT2D eigenvalue weighted by molar-refractivity contribution is 7.99. The van der Waals surface area contributed by atoms with Crippen LogP contribution in [-0.4, -0.2) is 36.6 Å². The Morgan fingerprint density at radius 3 is 3.00 bits per heavy atom. The summed E-state index contributed by atoms with van der Waals surface area (Å²) in [6, 6.07) is 7.80. The lowest BCUT2D eigenvalue weighted by atomic mass is 10.1. The minimum atomic E-state index is -0.880. The molecule has 0 radical (unpaired) electrons. The molecule has 21 heavy (non-hydrogen) atoms. The zero-order valence-electron chi connectivity index (χ0n) is 11.2. The standard InChI is InChI=1S/C14H12N4O2S/c1-9-16-17-14(21-8-13(19)20)18(9)12-4-2-3-10-7-15-6-5-11(10)12/h2-7H,8H2,1H3,(H,19,20). The molecule has 0 aliphatic rings. The third kappa shape index (κ3) is 2.59. The van der Waals surface area contributed by atoms with Crippen molar-refractivity contribution >= 4 is 28.5 Å². The van der Waals surface area contributed by atoms with Crippen LogP contribution in [0.1, 0.15) is 5.82 Å². The van der Waals surface area contributed by atoms with Crippen molar-refractivity contribution < 1.29 is 9.90 Å². The molecule has 1 aromatic carbocycles. The van der Waals surface area contributed by atoms with E-state index in [2.05, 4.69) is 15.2 Å². The van der Waals surface area contributed by atoms with Crippen LogP contribution < -0.4 is 0 Å². The summed E-state index contributed by atoms with van der Waals surface area (Å²) in [5, 5.41) is 19.6. The summed E-state index contributed by atoms with van der Waals surface area (Å²) >= 11 is 1.15. The molecule has 0 bridgehead atoms. The molecule has 0 spiro atoms. The van der Waals surface area contributed by atoms with Crippen molar-refractivity contribution in [3.8, 4) is 5.69 Å². The molecule has 0 saturated heterocycles. The van der Waals surface area contributed by atoms with Crippen molar-refractivity contribution in [3.63, 3.8) is 0 Å². The summed E-state index contributed by atoms with van der Waals surface area (Å²) in [5.74, 6) is -0.216. The van der Waals surface area contributed by atoms with Crippen LogP contribution in [0.2, 0.25) is 0 Å². The maximum Gasteiger partial charge on any atom is 0.313 e. The number of aliphatic carboxylic acids is 1. The highest BCUT2D eigenvalue weighted by Crippen LogP contribution is 2.27. The zero-order valence-corrected chi connectivity index (χ0v) is 12.0. The van der Waals surface area contributed by atoms with Gasteiger partial charge in [-0.15, -0.1) is 10.2 Å². The van der Waals surface area contributed by atoms with Gasteiger partial charge in [-0.05, 0) is 19.1 Å². The van der Waals surface area contributed by atoms with Gasteiger partial charge in [-0.3, -0.25) is 14.3 Å². The second kappa shape index (κ2) is 5.53. The average molecular weight is 300 g/mol. The highest BCUT2D eigenvalue weighted by atomic mass is 32.2. The van der Waals surface area contributed by atoms with Crippen LogP contribution in [0.3, 0.4) is 0 Å². The van der Waals surface area contributed by atoms with Gasteiger partial charge in [-0.1, -0.05) is 23.9 Å². The molecular formula is C14H12N4O2S. The molecule has 0 aliphatic carbocycles. The van der Waals surface area contributed by atoms with Crippen LogP contribution in [0, 0.1) is 6.92 Å². The predicted molar refractivity (Wildman–Crippen MR) is 79.8 cm³/mol. The maximum atomic E-state index is 10.8. The van der Waals surface area contributed by atoms with Crippen molar-refractivity contribution in [3.05, 3.63) is 42.5 Å². The molecule has 0 unspecified atom stereocenters. The number of aryl methyl sites for hydroxylation is 1. The Morgan fingerprint density at radius 1 is 1.33 bits per heavy atom. The molecule has 2 aromatic heterocycles. The first-order chi connectivity index (χ1) is 10.2. The molecule has 3 rings (SSSR count). The summed E-state index contributed by atoms with van der Waals surface area (Å²) < 4.78 is 1.87. The number of hydrogen-bond acceptors (Lipinski definition) is 5. The maximum absolute atomic E-state index is 10.8. The van der Waals surface area contributed by atoms with Gasteiger partial charge in [0.15, 0.2) is 5.16 Å². The van der Waals surface area contributed by atoms with Crippen molar-refractivity contribution in [2.45, 2.75) is 12.1 Å². The van der Waals surface area contributed by atoms with Crippen LogP contribution >= 0.6 is 11.8 Å². The first-order valence-electron chi connectivity index (χ1n) is 6.26. The van der Waals surface area contributed by atoms with Gasteiger partial charge >= 0.3 is 5.97 Å². The Labute approximate surface area is 124 Å². The number of thioether (sulfide) groups is 1. The smallest absolute Gasteiger partial charge is 0.313 e. The molecule has 6 nitrogen and oxygen atoms in total. The van der Waals surface area contributed by atoms with Gasteiger partial charge in [0.2, 0.25) is 0 Å². The van der Waals surface area contributed by atoms with Gasteiger partial charge in [0, 0.05) is 23.2 Å². The summed E-state index contributed by atoms with van der Waals surface area (Å²) in [6.07, 6.45) is 3.53. The van der Waals surface area contributed by atoms with Gasteiger partial charge in [-0.2, -0.15) is 0 Å². The molecule has 2 heterocycles. The zero-order chi connectivity index (χ0) is 14.8. The number of nitrogens with zero attached hydrogens (tertiary/aromatic N) is 4. The van der Waals surface area contributed by atoms with E-state index in [1.54, 1.807) is 12.4 Å². The number of carbonyl (C=O) groups is 1. The number of fused-ring (bicyclic) bond motifs is 1. The number of hydrogen-bond donors (Lipinski definition) is 1. The summed E-state index contributed by atoms with van der Waals surface area (Å²) in [6.45, 7) is 1.85. The molecule has 0 amide bonds. The van der Waals surface area contributed by atoms with E-state index >= 15 is 0 Å². The topological polar surface area (TPSA) is 80.9 Å². The van der Waals surface area contributed by atoms with E-state index in [-0.39, 0.29) is 5.75 Å². The fraction of sp³-hybridized carbons (Fsp3) is 0.143. The molecule has 0 fully saturated rings. The minimum absolute atomic E-state index is 0.0511. The summed E-state index contributed by atoms with van der Waals surface area (Å²) in [5.41, 5.74) is 0.922. The number of aromatic nitrogens is 4. The molecule has 0 aliphatic heterocycles. The summed E-state index contributed by atoms with van der Waals surface area (Å²) in [7, 11) is 0. The number of rotatable bonds is 4. The largest absolute Gasteiger partial charge is 0.481 e. The van der Waals surface area contributed by atoms with Gasteiger partial charge in [-0.25, -0.2) is 0 Å². The van der Waals surface area contributed by atoms with Crippen LogP contribution in [0.5, 0.6) is 0 Å². The lowest BCUT2D eigenvalue weighted by Gasteiger charge is -2.10. The predicted octanol–water partition coefficient (Wildman–Crippen LogP) is 2.30. The lowest BCUT2D eigenvalue weighted by molar-refractivity contribution is -0.133. The average Bonchev–Trinajstić information content (AvgIpc) is 2.85. The number of carboxylic acids is 1. The van der Waals surface area contributed by atoms with Crippen molar-refractivity contribution in [2.75, 3.05) is 5.75 Å². The molecule has 7 heteroatoms. The quantitative estimate of drug-likeness (QED) is 0.745. The molecule has 106 valence electrons. The van der Waals surface area contributed by atoms with Gasteiger partial charge in [0.05, 0.1) is 11.4 Å². The Hall–Kier alpha value is -2.41. The fourth-order valence-corrected chi connectivity index (χ4v) is 2.85. The monoisotopic (exact) mass is 300 g/mol. The molecule has 3 aromatic rings. The van der Waals surface area contributed by atoms with Gasteiger partial charge < -0.3 is 5.11 Å². The minimum Gasteiger partial charge on any atom is -0.481 e. The Kier molecular flexibility index (Phi) is 3.57. The van der Waals surface area contributed by atoms with Crippen LogP contribution in [0.15, 0.2) is 41.8 Å². The number of pyridine rings is 1. The Bertz CT molecular complexity index is 810. The van der Waals surface area contributed by atoms with Gasteiger partial charge in [0.25, 0.3) is 0 Å². The second-order valence-electron chi connectivity index (χ2n) is 4.42. The van der Waals surface area contributed by atoms with Crippen LogP contribution in [0.25, 0.3) is 16.5 Å². The van der Waals surface area contributed by atoms with Crippen molar-refractivity contribution in [1.29, 1.82) is 0 Å². The molecule has 1 N–H and O–H groups in total. The molecule has 0 saturated carbocycles. The number of carboxylic acid groups (broad SMARTS) is 1. The van der Waals surface area contributed by atoms with E-state index < -0.39 is 5.97 Å². The third-order valence-electron chi connectivity index (χ3n) is 3.02. The van der Waals surface area contributed by atoms with Gasteiger partial charge in [0.1, 0.15) is 5.82 Å².